The molecule has 3 aromatic carbocycles. The summed E-state index contributed by atoms with van der Waals surface area (Å²) >= 11 is 2.08. The third kappa shape index (κ3) is 8.03. The molecular weight excluding hydrogens is 611 g/mol. The number of hydrogen-bond acceptors (Lipinski definition) is 6. The van der Waals surface area contributed by atoms with Gasteiger partial charge in [-0.15, -0.1) is 0 Å². The van der Waals surface area contributed by atoms with Crippen LogP contribution in [-0.2, 0) is 14.4 Å². The van der Waals surface area contributed by atoms with Crippen LogP contribution in [0.3, 0.4) is 0 Å². The number of anilines is 2. The Hall–Kier alpha value is -3.93. The number of benzene rings is 3. The summed E-state index contributed by atoms with van der Waals surface area (Å²) in [6, 6.07) is 14.7. The van der Waals surface area contributed by atoms with Crippen LogP contribution in [0.1, 0.15) is 34.7 Å². The van der Waals surface area contributed by atoms with Crippen LogP contribution < -0.4 is 25.5 Å². The summed E-state index contributed by atoms with van der Waals surface area (Å²) in [6.07, 6.45) is 1.39. The van der Waals surface area contributed by atoms with E-state index in [0.717, 1.165) is 27.9 Å². The average molecular weight is 642 g/mol. The van der Waals surface area contributed by atoms with Crippen molar-refractivity contribution >= 4 is 57.9 Å². The molecule has 39 heavy (non-hydrogen) atoms. The van der Waals surface area contributed by atoms with Crippen molar-refractivity contribution < 1.29 is 23.9 Å². The summed E-state index contributed by atoms with van der Waals surface area (Å²) in [5.41, 5.74) is 7.94. The van der Waals surface area contributed by atoms with E-state index in [1.54, 1.807) is 12.1 Å². The number of ether oxygens (including phenoxy) is 2. The molecule has 0 radical (unpaired) electrons. The highest BCUT2D eigenvalue weighted by atomic mass is 127. The molecule has 3 N–H and O–H groups in total. The minimum atomic E-state index is -0.900. The summed E-state index contributed by atoms with van der Waals surface area (Å²) in [4.78, 5) is 37.1. The van der Waals surface area contributed by atoms with Gasteiger partial charge in [-0.05, 0) is 103 Å². The minimum Gasteiger partial charge on any atom is -0.490 e. The van der Waals surface area contributed by atoms with Crippen LogP contribution in [0.2, 0.25) is 0 Å². The molecule has 3 amide bonds. The molecule has 0 spiro atoms. The Morgan fingerprint density at radius 1 is 0.897 bits per heavy atom. The predicted molar refractivity (Wildman–Crippen MR) is 161 cm³/mol. The highest BCUT2D eigenvalue weighted by Gasteiger charge is 2.16. The maximum absolute atomic E-state index is 12.5. The Morgan fingerprint density at radius 2 is 1.56 bits per heavy atom. The lowest BCUT2D eigenvalue weighted by atomic mass is 10.1. The van der Waals surface area contributed by atoms with E-state index in [-0.39, 0.29) is 12.5 Å². The van der Waals surface area contributed by atoms with E-state index in [1.165, 1.54) is 6.21 Å². The Morgan fingerprint density at radius 3 is 2.26 bits per heavy atom. The normalized spacial score (nSPS) is 10.7. The van der Waals surface area contributed by atoms with E-state index in [4.69, 9.17) is 9.47 Å². The van der Waals surface area contributed by atoms with Crippen molar-refractivity contribution in [3.63, 3.8) is 0 Å². The van der Waals surface area contributed by atoms with Crippen LogP contribution in [0.4, 0.5) is 11.4 Å². The molecule has 9 nitrogen and oxygen atoms in total. The van der Waals surface area contributed by atoms with Crippen LogP contribution in [0, 0.1) is 31.3 Å². The molecule has 3 aromatic rings. The Bertz CT molecular complexity index is 1400. The molecule has 0 aromatic heterocycles. The van der Waals surface area contributed by atoms with Crippen LogP contribution in [0.25, 0.3) is 0 Å². The summed E-state index contributed by atoms with van der Waals surface area (Å²) in [6.45, 7) is 9.62. The SMILES string of the molecule is CCOc1cc(/C=N\NC(=O)C(=O)Nc2c(C)cccc2C)cc(I)c1OCC(=O)Nc1cccc(C)c1C. The van der Waals surface area contributed by atoms with Gasteiger partial charge in [-0.1, -0.05) is 30.3 Å². The van der Waals surface area contributed by atoms with Crippen LogP contribution >= 0.6 is 22.6 Å². The van der Waals surface area contributed by atoms with Crippen molar-refractivity contribution in [1.82, 2.24) is 5.43 Å². The lowest BCUT2D eigenvalue weighted by molar-refractivity contribution is -0.136. The van der Waals surface area contributed by atoms with Gasteiger partial charge >= 0.3 is 11.8 Å². The number of halogens is 1. The molecule has 0 aliphatic heterocycles. The monoisotopic (exact) mass is 642 g/mol. The first kappa shape index (κ1) is 29.6. The fourth-order valence-corrected chi connectivity index (χ4v) is 4.46. The van der Waals surface area contributed by atoms with E-state index < -0.39 is 11.8 Å². The summed E-state index contributed by atoms with van der Waals surface area (Å²) in [5, 5.41) is 9.40. The molecule has 0 aliphatic rings. The first-order chi connectivity index (χ1) is 18.6. The number of hydrazone groups is 1. The van der Waals surface area contributed by atoms with Crippen molar-refractivity contribution in [2.24, 2.45) is 5.10 Å². The number of hydrogen-bond donors (Lipinski definition) is 3. The highest BCUT2D eigenvalue weighted by molar-refractivity contribution is 14.1. The number of carbonyl (C=O) groups excluding carboxylic acids is 3. The first-order valence-corrected chi connectivity index (χ1v) is 13.3. The lowest BCUT2D eigenvalue weighted by Gasteiger charge is -2.15. The molecule has 0 bridgehead atoms. The quantitative estimate of drug-likeness (QED) is 0.131. The summed E-state index contributed by atoms with van der Waals surface area (Å²) in [7, 11) is 0. The van der Waals surface area contributed by atoms with Gasteiger partial charge in [0.15, 0.2) is 18.1 Å². The second-order valence-electron chi connectivity index (χ2n) is 8.77. The van der Waals surface area contributed by atoms with Crippen molar-refractivity contribution in [2.45, 2.75) is 34.6 Å². The second kappa shape index (κ2) is 13.7. The van der Waals surface area contributed by atoms with Gasteiger partial charge < -0.3 is 20.1 Å². The van der Waals surface area contributed by atoms with Gasteiger partial charge in [-0.25, -0.2) is 5.43 Å². The molecule has 10 heteroatoms. The Balaban J connectivity index is 1.64. The number of amides is 3. The largest absolute Gasteiger partial charge is 0.490 e. The number of aryl methyl sites for hydroxylation is 3. The first-order valence-electron chi connectivity index (χ1n) is 12.3. The van der Waals surface area contributed by atoms with E-state index in [9.17, 15) is 14.4 Å². The van der Waals surface area contributed by atoms with Gasteiger partial charge in [0.25, 0.3) is 5.91 Å². The van der Waals surface area contributed by atoms with Gasteiger partial charge in [-0.3, -0.25) is 14.4 Å². The zero-order chi connectivity index (χ0) is 28.5. The zero-order valence-corrected chi connectivity index (χ0v) is 24.6. The molecule has 0 unspecified atom stereocenters. The van der Waals surface area contributed by atoms with Gasteiger partial charge in [-0.2, -0.15) is 5.10 Å². The fourth-order valence-electron chi connectivity index (χ4n) is 3.67. The molecule has 204 valence electrons. The Labute approximate surface area is 241 Å². The molecule has 0 aliphatic carbocycles. The average Bonchev–Trinajstić information content (AvgIpc) is 2.88. The number of nitrogens with zero attached hydrogens (tertiary/aromatic N) is 1. The predicted octanol–water partition coefficient (Wildman–Crippen LogP) is 5.03. The zero-order valence-electron chi connectivity index (χ0n) is 22.5. The number of nitrogens with one attached hydrogen (secondary N) is 3. The van der Waals surface area contributed by atoms with Gasteiger partial charge in [0.1, 0.15) is 0 Å². The fraction of sp³-hybridized carbons (Fsp3) is 0.241. The Kier molecular flexibility index (Phi) is 10.4. The van der Waals surface area contributed by atoms with E-state index in [0.29, 0.717) is 32.9 Å². The van der Waals surface area contributed by atoms with Crippen LogP contribution in [0.15, 0.2) is 53.6 Å². The topological polar surface area (TPSA) is 118 Å². The maximum Gasteiger partial charge on any atom is 0.329 e. The second-order valence-corrected chi connectivity index (χ2v) is 9.93. The number of para-hydroxylation sites is 1. The van der Waals surface area contributed by atoms with E-state index >= 15 is 0 Å². The molecule has 3 rings (SSSR count). The number of carbonyl (C=O) groups is 3. The standard InChI is InChI=1S/C29H31IN4O5/c1-6-38-24-14-21(15-31-34-29(37)28(36)33-26-18(3)10-7-11-19(26)4)13-22(30)27(24)39-16-25(35)32-23-12-8-9-17(2)20(23)5/h7-15H,6,16H2,1-5H3,(H,32,35)(H,33,36)(H,34,37)/b31-15-. The van der Waals surface area contributed by atoms with E-state index in [2.05, 4.69) is 43.8 Å². The minimum absolute atomic E-state index is 0.206. The lowest BCUT2D eigenvalue weighted by Crippen LogP contribution is -2.32. The van der Waals surface area contributed by atoms with Crippen molar-refractivity contribution in [3.8, 4) is 11.5 Å². The van der Waals surface area contributed by atoms with Crippen LogP contribution in [0.5, 0.6) is 11.5 Å². The molecule has 0 saturated carbocycles. The van der Waals surface area contributed by atoms with Gasteiger partial charge in [0.2, 0.25) is 0 Å². The van der Waals surface area contributed by atoms with Crippen LogP contribution in [-0.4, -0.2) is 37.1 Å². The van der Waals surface area contributed by atoms with Gasteiger partial charge in [0.05, 0.1) is 16.4 Å². The molecular formula is C29H31IN4O5. The van der Waals surface area contributed by atoms with Gasteiger partial charge in [0, 0.05) is 11.4 Å². The molecule has 0 saturated heterocycles. The van der Waals surface area contributed by atoms with Crippen molar-refractivity contribution in [2.75, 3.05) is 23.8 Å². The molecule has 0 atom stereocenters. The molecule has 0 fully saturated rings. The summed E-state index contributed by atoms with van der Waals surface area (Å²) in [5.74, 6) is -1.18. The third-order valence-corrected chi connectivity index (χ3v) is 6.66. The van der Waals surface area contributed by atoms with E-state index in [1.807, 2.05) is 71.0 Å². The number of rotatable bonds is 9. The smallest absolute Gasteiger partial charge is 0.329 e. The highest BCUT2D eigenvalue weighted by Crippen LogP contribution is 2.34. The maximum atomic E-state index is 12.5. The third-order valence-electron chi connectivity index (χ3n) is 5.86. The summed E-state index contributed by atoms with van der Waals surface area (Å²) < 4.78 is 12.2. The molecule has 0 heterocycles. The van der Waals surface area contributed by atoms with Crippen molar-refractivity contribution in [1.29, 1.82) is 0 Å². The van der Waals surface area contributed by atoms with Crippen molar-refractivity contribution in [3.05, 3.63) is 79.9 Å².